The van der Waals surface area contributed by atoms with Crippen molar-refractivity contribution in [3.63, 3.8) is 0 Å². The summed E-state index contributed by atoms with van der Waals surface area (Å²) in [6.45, 7) is 2.04. The molecule has 0 aromatic heterocycles. The van der Waals surface area contributed by atoms with E-state index in [4.69, 9.17) is 10.5 Å². The minimum Gasteiger partial charge on any atom is -0.383 e. The highest BCUT2D eigenvalue weighted by Crippen LogP contribution is 2.16. The van der Waals surface area contributed by atoms with Gasteiger partial charge in [0.15, 0.2) is 0 Å². The van der Waals surface area contributed by atoms with E-state index in [1.165, 1.54) is 0 Å². The van der Waals surface area contributed by atoms with E-state index in [1.54, 1.807) is 12.0 Å². The lowest BCUT2D eigenvalue weighted by Gasteiger charge is -2.22. The Labute approximate surface area is 95.1 Å². The molecule has 6 nitrogen and oxygen atoms in total. The standard InChI is InChI=1S/C10H19N3O3/c1-16-6-4-12-7-9(14)13-5-2-3-8(13)10(11)15/h8,12H,2-7H2,1H3,(H2,11,15). The molecule has 1 saturated heterocycles. The van der Waals surface area contributed by atoms with Crippen molar-refractivity contribution in [3.05, 3.63) is 0 Å². The zero-order valence-corrected chi connectivity index (χ0v) is 9.57. The Bertz CT molecular complexity index is 258. The van der Waals surface area contributed by atoms with Crippen LogP contribution in [0.4, 0.5) is 0 Å². The number of amides is 2. The van der Waals surface area contributed by atoms with Crippen molar-refractivity contribution >= 4 is 11.8 Å². The van der Waals surface area contributed by atoms with E-state index < -0.39 is 11.9 Å². The number of primary amides is 1. The minimum atomic E-state index is -0.420. The van der Waals surface area contributed by atoms with Gasteiger partial charge in [0.1, 0.15) is 6.04 Å². The molecule has 1 unspecified atom stereocenters. The highest BCUT2D eigenvalue weighted by atomic mass is 16.5. The maximum Gasteiger partial charge on any atom is 0.240 e. The lowest BCUT2D eigenvalue weighted by molar-refractivity contribution is -0.136. The molecule has 92 valence electrons. The Balaban J connectivity index is 2.32. The van der Waals surface area contributed by atoms with Crippen molar-refractivity contribution in [1.29, 1.82) is 0 Å². The highest BCUT2D eigenvalue weighted by Gasteiger charge is 2.31. The molecule has 0 bridgehead atoms. The zero-order valence-electron chi connectivity index (χ0n) is 9.57. The molecule has 0 aromatic rings. The molecular weight excluding hydrogens is 210 g/mol. The van der Waals surface area contributed by atoms with Crippen molar-refractivity contribution in [2.75, 3.05) is 33.4 Å². The quantitative estimate of drug-likeness (QED) is 0.554. The van der Waals surface area contributed by atoms with Crippen LogP contribution in [0.15, 0.2) is 0 Å². The fraction of sp³-hybridized carbons (Fsp3) is 0.800. The van der Waals surface area contributed by atoms with Crippen LogP contribution in [0.5, 0.6) is 0 Å². The first kappa shape index (κ1) is 12.9. The summed E-state index contributed by atoms with van der Waals surface area (Å²) in [5.74, 6) is -0.486. The van der Waals surface area contributed by atoms with E-state index >= 15 is 0 Å². The normalized spacial score (nSPS) is 20.1. The third kappa shape index (κ3) is 3.46. The molecule has 0 radical (unpaired) electrons. The molecule has 6 heteroatoms. The monoisotopic (exact) mass is 229 g/mol. The number of methoxy groups -OCH3 is 1. The Morgan fingerprint density at radius 3 is 2.94 bits per heavy atom. The summed E-state index contributed by atoms with van der Waals surface area (Å²) < 4.78 is 4.85. The number of nitrogens with one attached hydrogen (secondary N) is 1. The van der Waals surface area contributed by atoms with Crippen LogP contribution >= 0.6 is 0 Å². The number of rotatable bonds is 6. The second kappa shape index (κ2) is 6.44. The second-order valence-corrected chi connectivity index (χ2v) is 3.82. The third-order valence-electron chi connectivity index (χ3n) is 2.66. The van der Waals surface area contributed by atoms with Crippen LogP contribution in [-0.2, 0) is 14.3 Å². The van der Waals surface area contributed by atoms with Crippen molar-refractivity contribution in [2.24, 2.45) is 5.73 Å². The van der Waals surface area contributed by atoms with Gasteiger partial charge < -0.3 is 20.7 Å². The topological polar surface area (TPSA) is 84.7 Å². The molecule has 16 heavy (non-hydrogen) atoms. The van der Waals surface area contributed by atoms with E-state index in [1.807, 2.05) is 0 Å². The minimum absolute atomic E-state index is 0.0718. The molecule has 0 aliphatic carbocycles. The van der Waals surface area contributed by atoms with Gasteiger partial charge >= 0.3 is 0 Å². The summed E-state index contributed by atoms with van der Waals surface area (Å²) in [6, 6.07) is -0.420. The van der Waals surface area contributed by atoms with Gasteiger partial charge in [0, 0.05) is 20.2 Å². The number of nitrogens with two attached hydrogens (primary N) is 1. The fourth-order valence-electron chi connectivity index (χ4n) is 1.83. The molecule has 1 heterocycles. The molecule has 0 aromatic carbocycles. The van der Waals surface area contributed by atoms with E-state index in [0.717, 1.165) is 6.42 Å². The van der Waals surface area contributed by atoms with Gasteiger partial charge in [0.25, 0.3) is 0 Å². The number of ether oxygens (including phenoxy) is 1. The maximum atomic E-state index is 11.7. The van der Waals surface area contributed by atoms with Gasteiger partial charge in [-0.3, -0.25) is 9.59 Å². The van der Waals surface area contributed by atoms with Gasteiger partial charge in [-0.2, -0.15) is 0 Å². The third-order valence-corrected chi connectivity index (χ3v) is 2.66. The summed E-state index contributed by atoms with van der Waals surface area (Å²) in [7, 11) is 1.60. The van der Waals surface area contributed by atoms with Gasteiger partial charge in [-0.25, -0.2) is 0 Å². The Kier molecular flexibility index (Phi) is 5.21. The van der Waals surface area contributed by atoms with E-state index in [9.17, 15) is 9.59 Å². The van der Waals surface area contributed by atoms with Crippen molar-refractivity contribution in [2.45, 2.75) is 18.9 Å². The summed E-state index contributed by atoms with van der Waals surface area (Å²) >= 11 is 0. The van der Waals surface area contributed by atoms with Gasteiger partial charge in [-0.05, 0) is 12.8 Å². The predicted octanol–water partition coefficient (Wildman–Crippen LogP) is -1.30. The number of nitrogens with zero attached hydrogens (tertiary/aromatic N) is 1. The average Bonchev–Trinajstić information content (AvgIpc) is 2.73. The molecule has 1 aliphatic heterocycles. The van der Waals surface area contributed by atoms with Gasteiger partial charge in [0.2, 0.25) is 11.8 Å². The number of carbonyl (C=O) groups excluding carboxylic acids is 2. The smallest absolute Gasteiger partial charge is 0.240 e. The first-order chi connectivity index (χ1) is 7.66. The van der Waals surface area contributed by atoms with E-state index in [-0.39, 0.29) is 12.5 Å². The number of carbonyl (C=O) groups is 2. The first-order valence-corrected chi connectivity index (χ1v) is 5.45. The van der Waals surface area contributed by atoms with Crippen LogP contribution in [0.25, 0.3) is 0 Å². The molecule has 1 rings (SSSR count). The molecule has 1 atom stereocenters. The molecule has 0 saturated carbocycles. The number of hydrogen-bond acceptors (Lipinski definition) is 4. The zero-order chi connectivity index (χ0) is 12.0. The lowest BCUT2D eigenvalue weighted by Crippen LogP contribution is -2.47. The molecular formula is C10H19N3O3. The second-order valence-electron chi connectivity index (χ2n) is 3.82. The summed E-state index contributed by atoms with van der Waals surface area (Å²) in [5, 5.41) is 2.95. The highest BCUT2D eigenvalue weighted by molar-refractivity contribution is 5.88. The molecule has 0 spiro atoms. The summed E-state index contributed by atoms with van der Waals surface area (Å²) in [6.07, 6.45) is 1.52. The number of hydrogen-bond donors (Lipinski definition) is 2. The van der Waals surface area contributed by atoms with E-state index in [2.05, 4.69) is 5.32 Å². The van der Waals surface area contributed by atoms with Gasteiger partial charge in [-0.1, -0.05) is 0 Å². The SMILES string of the molecule is COCCNCC(=O)N1CCCC1C(N)=O. The largest absolute Gasteiger partial charge is 0.383 e. The van der Waals surface area contributed by atoms with Gasteiger partial charge in [-0.15, -0.1) is 0 Å². The van der Waals surface area contributed by atoms with Gasteiger partial charge in [0.05, 0.1) is 13.2 Å². The summed E-state index contributed by atoms with van der Waals surface area (Å²) in [4.78, 5) is 24.4. The Morgan fingerprint density at radius 1 is 1.56 bits per heavy atom. The maximum absolute atomic E-state index is 11.7. The van der Waals surface area contributed by atoms with Crippen LogP contribution in [0.1, 0.15) is 12.8 Å². The van der Waals surface area contributed by atoms with Crippen LogP contribution in [-0.4, -0.2) is 56.1 Å². The number of likely N-dealkylation sites (tertiary alicyclic amines) is 1. The Hall–Kier alpha value is -1.14. The first-order valence-electron chi connectivity index (χ1n) is 5.45. The molecule has 3 N–H and O–H groups in total. The average molecular weight is 229 g/mol. The van der Waals surface area contributed by atoms with Crippen LogP contribution in [0, 0.1) is 0 Å². The predicted molar refractivity (Wildman–Crippen MR) is 58.7 cm³/mol. The van der Waals surface area contributed by atoms with Crippen molar-refractivity contribution in [1.82, 2.24) is 10.2 Å². The van der Waals surface area contributed by atoms with Crippen LogP contribution in [0.3, 0.4) is 0 Å². The lowest BCUT2D eigenvalue weighted by atomic mass is 10.2. The molecule has 1 fully saturated rings. The van der Waals surface area contributed by atoms with Crippen LogP contribution < -0.4 is 11.1 Å². The fourth-order valence-corrected chi connectivity index (χ4v) is 1.83. The molecule has 1 aliphatic rings. The summed E-state index contributed by atoms with van der Waals surface area (Å²) in [5.41, 5.74) is 5.23. The Morgan fingerprint density at radius 2 is 2.31 bits per heavy atom. The van der Waals surface area contributed by atoms with E-state index in [0.29, 0.717) is 26.1 Å². The van der Waals surface area contributed by atoms with Crippen molar-refractivity contribution < 1.29 is 14.3 Å². The van der Waals surface area contributed by atoms with Crippen molar-refractivity contribution in [3.8, 4) is 0 Å². The molecule has 2 amide bonds. The van der Waals surface area contributed by atoms with Crippen LogP contribution in [0.2, 0.25) is 0 Å².